The standard InChI is InChI=1S/C16H23Cl2NO/c1-12(20)9-15-5-3-2-4-8-19(15)11-13-10-14(17)6-7-16(13)18/h6-7,10,12,15,20H,2-5,8-9,11H2,1H3. The molecule has 0 spiro atoms. The van der Waals surface area contributed by atoms with Crippen LogP contribution < -0.4 is 0 Å². The normalized spacial score (nSPS) is 22.5. The van der Waals surface area contributed by atoms with Crippen molar-refractivity contribution in [3.05, 3.63) is 33.8 Å². The van der Waals surface area contributed by atoms with Crippen LogP contribution in [0.15, 0.2) is 18.2 Å². The number of hydrogen-bond acceptors (Lipinski definition) is 2. The quantitative estimate of drug-likeness (QED) is 0.883. The Morgan fingerprint density at radius 2 is 2.10 bits per heavy atom. The maximum atomic E-state index is 9.71. The van der Waals surface area contributed by atoms with E-state index in [1.807, 2.05) is 25.1 Å². The van der Waals surface area contributed by atoms with Gasteiger partial charge in [0.15, 0.2) is 0 Å². The molecule has 1 fully saturated rings. The third-order valence-electron chi connectivity index (χ3n) is 3.99. The highest BCUT2D eigenvalue weighted by atomic mass is 35.5. The summed E-state index contributed by atoms with van der Waals surface area (Å²) >= 11 is 12.3. The molecule has 20 heavy (non-hydrogen) atoms. The second kappa shape index (κ2) is 7.65. The SMILES string of the molecule is CC(O)CC1CCCCCN1Cc1cc(Cl)ccc1Cl. The lowest BCUT2D eigenvalue weighted by molar-refractivity contribution is 0.108. The zero-order chi connectivity index (χ0) is 14.5. The van der Waals surface area contributed by atoms with Gasteiger partial charge in [0, 0.05) is 22.6 Å². The van der Waals surface area contributed by atoms with Crippen molar-refractivity contribution >= 4 is 23.2 Å². The van der Waals surface area contributed by atoms with Crippen LogP contribution in [0, 0.1) is 0 Å². The Bertz CT molecular complexity index is 436. The molecule has 4 heteroatoms. The first-order valence-electron chi connectivity index (χ1n) is 7.42. The third kappa shape index (κ3) is 4.63. The maximum absolute atomic E-state index is 9.71. The summed E-state index contributed by atoms with van der Waals surface area (Å²) in [5, 5.41) is 11.2. The van der Waals surface area contributed by atoms with E-state index < -0.39 is 0 Å². The van der Waals surface area contributed by atoms with Crippen LogP contribution in [0.4, 0.5) is 0 Å². The minimum absolute atomic E-state index is 0.254. The zero-order valence-corrected chi connectivity index (χ0v) is 13.5. The predicted molar refractivity (Wildman–Crippen MR) is 85.4 cm³/mol. The second-order valence-corrected chi connectivity index (χ2v) is 6.64. The van der Waals surface area contributed by atoms with Gasteiger partial charge in [-0.3, -0.25) is 4.90 Å². The minimum Gasteiger partial charge on any atom is -0.393 e. The van der Waals surface area contributed by atoms with Gasteiger partial charge in [-0.1, -0.05) is 36.0 Å². The Kier molecular flexibility index (Phi) is 6.16. The van der Waals surface area contributed by atoms with E-state index in [1.54, 1.807) is 0 Å². The van der Waals surface area contributed by atoms with Crippen LogP contribution in [-0.4, -0.2) is 28.7 Å². The molecule has 1 saturated heterocycles. The van der Waals surface area contributed by atoms with Crippen molar-refractivity contribution in [2.45, 2.75) is 57.7 Å². The highest BCUT2D eigenvalue weighted by molar-refractivity contribution is 6.33. The number of likely N-dealkylation sites (tertiary alicyclic amines) is 1. The summed E-state index contributed by atoms with van der Waals surface area (Å²) in [5.41, 5.74) is 1.08. The predicted octanol–water partition coefficient (Wildman–Crippen LogP) is 4.51. The number of benzene rings is 1. The number of hydrogen-bond donors (Lipinski definition) is 1. The van der Waals surface area contributed by atoms with Crippen LogP contribution in [0.5, 0.6) is 0 Å². The van der Waals surface area contributed by atoms with Gasteiger partial charge in [0.25, 0.3) is 0 Å². The molecule has 2 unspecified atom stereocenters. The molecule has 2 atom stereocenters. The molecular formula is C16H23Cl2NO. The van der Waals surface area contributed by atoms with E-state index in [-0.39, 0.29) is 6.10 Å². The van der Waals surface area contributed by atoms with Gasteiger partial charge < -0.3 is 5.11 Å². The van der Waals surface area contributed by atoms with Crippen molar-refractivity contribution in [1.82, 2.24) is 4.90 Å². The molecule has 2 nitrogen and oxygen atoms in total. The highest BCUT2D eigenvalue weighted by Gasteiger charge is 2.23. The monoisotopic (exact) mass is 315 g/mol. The Morgan fingerprint density at radius 1 is 1.30 bits per heavy atom. The zero-order valence-electron chi connectivity index (χ0n) is 12.0. The molecule has 1 aromatic rings. The van der Waals surface area contributed by atoms with Gasteiger partial charge in [-0.15, -0.1) is 0 Å². The number of nitrogens with zero attached hydrogens (tertiary/aromatic N) is 1. The summed E-state index contributed by atoms with van der Waals surface area (Å²) in [4.78, 5) is 2.46. The molecule has 0 aromatic heterocycles. The molecule has 2 rings (SSSR count). The molecule has 0 bridgehead atoms. The van der Waals surface area contributed by atoms with Crippen molar-refractivity contribution in [2.24, 2.45) is 0 Å². The van der Waals surface area contributed by atoms with Gasteiger partial charge in [0.1, 0.15) is 0 Å². The summed E-state index contributed by atoms with van der Waals surface area (Å²) in [7, 11) is 0. The first-order valence-corrected chi connectivity index (χ1v) is 8.18. The fourth-order valence-corrected chi connectivity index (χ4v) is 3.36. The Balaban J connectivity index is 2.12. The molecule has 1 aliphatic heterocycles. The van der Waals surface area contributed by atoms with Crippen molar-refractivity contribution < 1.29 is 5.11 Å². The summed E-state index contributed by atoms with van der Waals surface area (Å²) in [6.07, 6.45) is 5.47. The van der Waals surface area contributed by atoms with Gasteiger partial charge in [-0.25, -0.2) is 0 Å². The maximum Gasteiger partial charge on any atom is 0.0527 e. The van der Waals surface area contributed by atoms with E-state index in [0.29, 0.717) is 6.04 Å². The van der Waals surface area contributed by atoms with Gasteiger partial charge in [-0.2, -0.15) is 0 Å². The topological polar surface area (TPSA) is 23.5 Å². The van der Waals surface area contributed by atoms with E-state index in [4.69, 9.17) is 23.2 Å². The lowest BCUT2D eigenvalue weighted by Crippen LogP contribution is -2.36. The first-order chi connectivity index (χ1) is 9.56. The number of rotatable bonds is 4. The Labute approximate surface area is 131 Å². The summed E-state index contributed by atoms with van der Waals surface area (Å²) in [5.74, 6) is 0. The van der Waals surface area contributed by atoms with Crippen LogP contribution in [0.2, 0.25) is 10.0 Å². The number of aliphatic hydroxyl groups excluding tert-OH is 1. The fraction of sp³-hybridized carbons (Fsp3) is 0.625. The van der Waals surface area contributed by atoms with Crippen molar-refractivity contribution in [2.75, 3.05) is 6.54 Å². The summed E-state index contributed by atoms with van der Waals surface area (Å²) in [6.45, 7) is 3.76. The van der Waals surface area contributed by atoms with Crippen LogP contribution in [0.25, 0.3) is 0 Å². The van der Waals surface area contributed by atoms with E-state index in [9.17, 15) is 5.11 Å². The number of halogens is 2. The Hall–Kier alpha value is -0.280. The Morgan fingerprint density at radius 3 is 2.85 bits per heavy atom. The summed E-state index contributed by atoms with van der Waals surface area (Å²) in [6, 6.07) is 6.07. The van der Waals surface area contributed by atoms with Crippen molar-refractivity contribution in [3.63, 3.8) is 0 Å². The summed E-state index contributed by atoms with van der Waals surface area (Å²) < 4.78 is 0. The van der Waals surface area contributed by atoms with Gasteiger partial charge in [0.2, 0.25) is 0 Å². The highest BCUT2D eigenvalue weighted by Crippen LogP contribution is 2.26. The largest absolute Gasteiger partial charge is 0.393 e. The molecule has 0 saturated carbocycles. The smallest absolute Gasteiger partial charge is 0.0527 e. The molecule has 0 amide bonds. The fourth-order valence-electron chi connectivity index (χ4n) is 2.99. The van der Waals surface area contributed by atoms with Gasteiger partial charge >= 0.3 is 0 Å². The van der Waals surface area contributed by atoms with Crippen molar-refractivity contribution in [1.29, 1.82) is 0 Å². The molecule has 1 aliphatic rings. The van der Waals surface area contributed by atoms with E-state index in [2.05, 4.69) is 4.90 Å². The van der Waals surface area contributed by atoms with Crippen molar-refractivity contribution in [3.8, 4) is 0 Å². The van der Waals surface area contributed by atoms with Crippen LogP contribution >= 0.6 is 23.2 Å². The average molecular weight is 316 g/mol. The average Bonchev–Trinajstić information content (AvgIpc) is 2.59. The first kappa shape index (κ1) is 16.1. The minimum atomic E-state index is -0.254. The second-order valence-electron chi connectivity index (χ2n) is 5.79. The van der Waals surface area contributed by atoms with Crippen LogP contribution in [0.1, 0.15) is 44.6 Å². The molecule has 0 aliphatic carbocycles. The van der Waals surface area contributed by atoms with E-state index in [1.165, 1.54) is 19.3 Å². The van der Waals surface area contributed by atoms with E-state index >= 15 is 0 Å². The molecular weight excluding hydrogens is 293 g/mol. The lowest BCUT2D eigenvalue weighted by Gasteiger charge is -2.31. The molecule has 0 radical (unpaired) electrons. The lowest BCUT2D eigenvalue weighted by atomic mass is 10.0. The molecule has 112 valence electrons. The van der Waals surface area contributed by atoms with Gasteiger partial charge in [0.05, 0.1) is 6.10 Å². The number of aliphatic hydroxyl groups is 1. The van der Waals surface area contributed by atoms with Gasteiger partial charge in [-0.05, 0) is 56.5 Å². The van der Waals surface area contributed by atoms with Crippen LogP contribution in [-0.2, 0) is 6.54 Å². The van der Waals surface area contributed by atoms with E-state index in [0.717, 1.165) is 41.5 Å². The molecule has 1 aromatic carbocycles. The molecule has 1 N–H and O–H groups in total. The third-order valence-corrected chi connectivity index (χ3v) is 4.60. The van der Waals surface area contributed by atoms with Crippen LogP contribution in [0.3, 0.4) is 0 Å². The molecule has 1 heterocycles.